The van der Waals surface area contributed by atoms with E-state index in [4.69, 9.17) is 0 Å². The standard InChI is InChI=1S/C15H15F2N3O/c1-8(2)20-15-11(7-18-20)10(6-13(21)19-15)9-4-3-5-12(16)14(9)17/h3-5,7-8,10H,6H2,1-2H3,(H,19,21)/t10-/m1/s1. The molecule has 2 heterocycles. The first-order valence-electron chi connectivity index (χ1n) is 6.80. The molecular weight excluding hydrogens is 276 g/mol. The molecule has 1 atom stereocenters. The van der Waals surface area contributed by atoms with Crippen LogP contribution in [0.2, 0.25) is 0 Å². The second-order valence-electron chi connectivity index (χ2n) is 5.43. The fraction of sp³-hybridized carbons (Fsp3) is 0.333. The summed E-state index contributed by atoms with van der Waals surface area (Å²) in [5.74, 6) is -1.98. The third kappa shape index (κ3) is 2.20. The molecule has 1 aromatic heterocycles. The second-order valence-corrected chi connectivity index (χ2v) is 5.43. The number of carbonyl (C=O) groups is 1. The van der Waals surface area contributed by atoms with E-state index in [0.29, 0.717) is 11.4 Å². The lowest BCUT2D eigenvalue weighted by molar-refractivity contribution is -0.116. The zero-order chi connectivity index (χ0) is 15.1. The van der Waals surface area contributed by atoms with Gasteiger partial charge in [-0.2, -0.15) is 5.10 Å². The number of hydrogen-bond acceptors (Lipinski definition) is 2. The molecule has 6 heteroatoms. The van der Waals surface area contributed by atoms with Crippen LogP contribution in [0.3, 0.4) is 0 Å². The molecule has 110 valence electrons. The van der Waals surface area contributed by atoms with E-state index in [9.17, 15) is 13.6 Å². The molecule has 0 saturated carbocycles. The van der Waals surface area contributed by atoms with Gasteiger partial charge < -0.3 is 5.32 Å². The number of aromatic nitrogens is 2. The lowest BCUT2D eigenvalue weighted by atomic mass is 9.87. The molecule has 1 aliphatic heterocycles. The minimum atomic E-state index is -0.906. The van der Waals surface area contributed by atoms with Gasteiger partial charge in [0, 0.05) is 23.9 Å². The number of rotatable bonds is 2. The Hall–Kier alpha value is -2.24. The van der Waals surface area contributed by atoms with E-state index < -0.39 is 17.6 Å². The van der Waals surface area contributed by atoms with Crippen LogP contribution in [0, 0.1) is 11.6 Å². The van der Waals surface area contributed by atoms with Crippen LogP contribution in [0.1, 0.15) is 43.4 Å². The lowest BCUT2D eigenvalue weighted by Gasteiger charge is -2.24. The van der Waals surface area contributed by atoms with Gasteiger partial charge in [-0.05, 0) is 25.5 Å². The predicted octanol–water partition coefficient (Wildman–Crippen LogP) is 3.22. The third-order valence-electron chi connectivity index (χ3n) is 3.69. The normalized spacial score (nSPS) is 17.8. The van der Waals surface area contributed by atoms with E-state index in [1.165, 1.54) is 12.1 Å². The molecule has 0 radical (unpaired) electrons. The summed E-state index contributed by atoms with van der Waals surface area (Å²) in [5.41, 5.74) is 0.905. The second kappa shape index (κ2) is 4.95. The summed E-state index contributed by atoms with van der Waals surface area (Å²) in [5, 5.41) is 7.01. The summed E-state index contributed by atoms with van der Waals surface area (Å²) in [7, 11) is 0. The molecule has 21 heavy (non-hydrogen) atoms. The Balaban J connectivity index is 2.14. The zero-order valence-electron chi connectivity index (χ0n) is 11.7. The number of nitrogens with zero attached hydrogens (tertiary/aromatic N) is 2. The minimum Gasteiger partial charge on any atom is -0.311 e. The monoisotopic (exact) mass is 291 g/mol. The predicted molar refractivity (Wildman–Crippen MR) is 74.1 cm³/mol. The molecule has 2 aromatic rings. The maximum atomic E-state index is 14.0. The molecule has 0 unspecified atom stereocenters. The maximum Gasteiger partial charge on any atom is 0.226 e. The van der Waals surface area contributed by atoms with Crippen LogP contribution in [0.25, 0.3) is 0 Å². The van der Waals surface area contributed by atoms with Crippen LogP contribution >= 0.6 is 0 Å². The maximum absolute atomic E-state index is 14.0. The average molecular weight is 291 g/mol. The van der Waals surface area contributed by atoms with Crippen molar-refractivity contribution in [1.82, 2.24) is 9.78 Å². The van der Waals surface area contributed by atoms with Crippen LogP contribution < -0.4 is 5.32 Å². The zero-order valence-corrected chi connectivity index (χ0v) is 11.7. The first kappa shape index (κ1) is 13.7. The highest BCUT2D eigenvalue weighted by Crippen LogP contribution is 2.39. The summed E-state index contributed by atoms with van der Waals surface area (Å²) in [6, 6.07) is 4.09. The summed E-state index contributed by atoms with van der Waals surface area (Å²) >= 11 is 0. The Bertz CT molecular complexity index is 709. The number of fused-ring (bicyclic) bond motifs is 1. The van der Waals surface area contributed by atoms with Crippen molar-refractivity contribution in [3.8, 4) is 0 Å². The lowest BCUT2D eigenvalue weighted by Crippen LogP contribution is -2.25. The van der Waals surface area contributed by atoms with Crippen molar-refractivity contribution in [2.24, 2.45) is 0 Å². The Morgan fingerprint density at radius 1 is 1.33 bits per heavy atom. The third-order valence-corrected chi connectivity index (χ3v) is 3.69. The van der Waals surface area contributed by atoms with Gasteiger partial charge in [0.1, 0.15) is 5.82 Å². The summed E-state index contributed by atoms with van der Waals surface area (Å²) in [6.45, 7) is 3.87. The van der Waals surface area contributed by atoms with Crippen molar-refractivity contribution in [2.45, 2.75) is 32.2 Å². The Kier molecular flexibility index (Phi) is 3.23. The van der Waals surface area contributed by atoms with Crippen LogP contribution in [0.15, 0.2) is 24.4 Å². The van der Waals surface area contributed by atoms with E-state index in [-0.39, 0.29) is 23.9 Å². The largest absolute Gasteiger partial charge is 0.311 e. The molecule has 0 bridgehead atoms. The van der Waals surface area contributed by atoms with Gasteiger partial charge in [-0.3, -0.25) is 4.79 Å². The van der Waals surface area contributed by atoms with E-state index in [1.54, 1.807) is 10.9 Å². The van der Waals surface area contributed by atoms with Gasteiger partial charge in [0.05, 0.1) is 6.20 Å². The van der Waals surface area contributed by atoms with E-state index in [2.05, 4.69) is 10.4 Å². The van der Waals surface area contributed by atoms with E-state index in [0.717, 1.165) is 6.07 Å². The molecule has 0 fully saturated rings. The highest BCUT2D eigenvalue weighted by atomic mass is 19.2. The Morgan fingerprint density at radius 2 is 2.10 bits per heavy atom. The summed E-state index contributed by atoms with van der Waals surface area (Å²) < 4.78 is 29.2. The summed E-state index contributed by atoms with van der Waals surface area (Å²) in [6.07, 6.45) is 1.70. The molecule has 0 saturated heterocycles. The SMILES string of the molecule is CC(C)n1ncc2c1NC(=O)C[C@@H]2c1cccc(F)c1F. The molecule has 0 spiro atoms. The van der Waals surface area contributed by atoms with Gasteiger partial charge >= 0.3 is 0 Å². The number of halogens is 2. The van der Waals surface area contributed by atoms with Gasteiger partial charge in [0.25, 0.3) is 0 Å². The first-order chi connectivity index (χ1) is 9.99. The van der Waals surface area contributed by atoms with Gasteiger partial charge in [-0.25, -0.2) is 13.5 Å². The fourth-order valence-corrected chi connectivity index (χ4v) is 2.70. The van der Waals surface area contributed by atoms with Gasteiger partial charge in [-0.15, -0.1) is 0 Å². The Labute approximate surface area is 120 Å². The Morgan fingerprint density at radius 3 is 2.81 bits per heavy atom. The van der Waals surface area contributed by atoms with Crippen LogP contribution in [-0.4, -0.2) is 15.7 Å². The number of nitrogens with one attached hydrogen (secondary N) is 1. The van der Waals surface area contributed by atoms with Crippen molar-refractivity contribution in [3.05, 3.63) is 47.2 Å². The number of anilines is 1. The topological polar surface area (TPSA) is 46.9 Å². The molecular formula is C15H15F2N3O. The minimum absolute atomic E-state index is 0.0603. The highest BCUT2D eigenvalue weighted by molar-refractivity contribution is 5.94. The number of benzene rings is 1. The van der Waals surface area contributed by atoms with E-state index >= 15 is 0 Å². The fourth-order valence-electron chi connectivity index (χ4n) is 2.70. The van der Waals surface area contributed by atoms with Crippen LogP contribution in [0.5, 0.6) is 0 Å². The van der Waals surface area contributed by atoms with E-state index in [1.807, 2.05) is 13.8 Å². The van der Waals surface area contributed by atoms with Crippen molar-refractivity contribution >= 4 is 11.7 Å². The smallest absolute Gasteiger partial charge is 0.226 e. The number of carbonyl (C=O) groups excluding carboxylic acids is 1. The average Bonchev–Trinajstić information content (AvgIpc) is 2.85. The van der Waals surface area contributed by atoms with Gasteiger partial charge in [0.15, 0.2) is 11.6 Å². The van der Waals surface area contributed by atoms with Crippen molar-refractivity contribution in [1.29, 1.82) is 0 Å². The molecule has 3 rings (SSSR count). The van der Waals surface area contributed by atoms with Crippen LogP contribution in [-0.2, 0) is 4.79 Å². The van der Waals surface area contributed by atoms with Crippen molar-refractivity contribution in [3.63, 3.8) is 0 Å². The molecule has 4 nitrogen and oxygen atoms in total. The van der Waals surface area contributed by atoms with Crippen molar-refractivity contribution < 1.29 is 13.6 Å². The molecule has 1 aliphatic rings. The molecule has 1 N–H and O–H groups in total. The van der Waals surface area contributed by atoms with Gasteiger partial charge in [-0.1, -0.05) is 12.1 Å². The van der Waals surface area contributed by atoms with Crippen LogP contribution in [0.4, 0.5) is 14.6 Å². The molecule has 1 aromatic carbocycles. The summed E-state index contributed by atoms with van der Waals surface area (Å²) in [4.78, 5) is 11.9. The van der Waals surface area contributed by atoms with Gasteiger partial charge in [0.2, 0.25) is 5.91 Å². The number of amides is 1. The first-order valence-corrected chi connectivity index (χ1v) is 6.80. The highest BCUT2D eigenvalue weighted by Gasteiger charge is 2.32. The van der Waals surface area contributed by atoms with Crippen molar-refractivity contribution in [2.75, 3.05) is 5.32 Å². The quantitative estimate of drug-likeness (QED) is 0.923. The number of hydrogen-bond donors (Lipinski definition) is 1. The molecule has 1 amide bonds. The molecule has 0 aliphatic carbocycles.